The van der Waals surface area contributed by atoms with Crippen molar-refractivity contribution in [2.45, 2.75) is 116 Å². The van der Waals surface area contributed by atoms with Gasteiger partial charge in [0.2, 0.25) is 0 Å². The number of allylic oxidation sites excluding steroid dienone is 3. The minimum absolute atomic E-state index is 0.238. The van der Waals surface area contributed by atoms with Gasteiger partial charge in [0.1, 0.15) is 5.67 Å². The first kappa shape index (κ1) is 25.6. The molecule has 0 spiro atoms. The zero-order valence-corrected chi connectivity index (χ0v) is 20.8. The number of hydrogen-bond acceptors (Lipinski definition) is 3. The molecule has 0 saturated heterocycles. The van der Waals surface area contributed by atoms with Gasteiger partial charge in [-0.3, -0.25) is 0 Å². The van der Waals surface area contributed by atoms with Crippen LogP contribution < -0.4 is 0 Å². The lowest BCUT2D eigenvalue weighted by Crippen LogP contribution is -2.45. The summed E-state index contributed by atoms with van der Waals surface area (Å²) in [6.45, 7) is 13.3. The third kappa shape index (κ3) is 5.08. The van der Waals surface area contributed by atoms with Crippen LogP contribution in [0.4, 0.5) is 4.39 Å². The van der Waals surface area contributed by atoms with Gasteiger partial charge in [0.15, 0.2) is 0 Å². The van der Waals surface area contributed by atoms with Gasteiger partial charge in [-0.25, -0.2) is 4.39 Å². The Hall–Kier alpha value is -0.970. The standard InChI is InChI=1S/C28H45FO3/c1-18(13-15-28(6,32)26(3,4)29)23-11-12-24-20(8-7-14-27(23,24)5)9-10-21-16-22(30)17-25(31)19(21)2/h9-10,18,22-25,30-32H,2,7-8,11-17H2,1,3-6H3/b20-9+,21-10-/t18-,22-,23-,24+,25+,27-,28-/m1/s1. The van der Waals surface area contributed by atoms with E-state index >= 15 is 0 Å². The number of aliphatic hydroxyl groups excluding tert-OH is 2. The van der Waals surface area contributed by atoms with Gasteiger partial charge in [0.25, 0.3) is 0 Å². The highest BCUT2D eigenvalue weighted by atomic mass is 19.1. The number of alkyl halides is 1. The molecule has 3 saturated carbocycles. The summed E-state index contributed by atoms with van der Waals surface area (Å²) in [7, 11) is 0. The molecule has 0 unspecified atom stereocenters. The van der Waals surface area contributed by atoms with Crippen molar-refractivity contribution in [3.05, 3.63) is 35.5 Å². The minimum Gasteiger partial charge on any atom is -0.393 e. The van der Waals surface area contributed by atoms with Crippen LogP contribution >= 0.6 is 0 Å². The molecule has 3 nitrogen and oxygen atoms in total. The highest BCUT2D eigenvalue weighted by Gasteiger charge is 2.51. The zero-order chi connectivity index (χ0) is 23.9. The lowest BCUT2D eigenvalue weighted by Gasteiger charge is -2.45. The maximum absolute atomic E-state index is 14.4. The summed E-state index contributed by atoms with van der Waals surface area (Å²) in [6, 6.07) is 0. The van der Waals surface area contributed by atoms with E-state index < -0.39 is 23.5 Å². The molecule has 0 amide bonds. The van der Waals surface area contributed by atoms with Gasteiger partial charge in [-0.15, -0.1) is 0 Å². The molecule has 3 N–H and O–H groups in total. The predicted molar refractivity (Wildman–Crippen MR) is 129 cm³/mol. The summed E-state index contributed by atoms with van der Waals surface area (Å²) in [6.07, 6.45) is 11.3. The van der Waals surface area contributed by atoms with E-state index in [1.54, 1.807) is 6.92 Å². The van der Waals surface area contributed by atoms with Crippen LogP contribution in [0.1, 0.15) is 92.4 Å². The second-order valence-electron chi connectivity index (χ2n) is 11.9. The van der Waals surface area contributed by atoms with Crippen molar-refractivity contribution in [1.29, 1.82) is 0 Å². The number of halogens is 1. The summed E-state index contributed by atoms with van der Waals surface area (Å²) >= 11 is 0. The maximum Gasteiger partial charge on any atom is 0.133 e. The molecular weight excluding hydrogens is 403 g/mol. The fourth-order valence-electron chi connectivity index (χ4n) is 6.69. The average molecular weight is 449 g/mol. The summed E-state index contributed by atoms with van der Waals surface area (Å²) in [5, 5.41) is 30.8. The molecule has 3 fully saturated rings. The van der Waals surface area contributed by atoms with E-state index in [0.717, 1.165) is 24.0 Å². The normalized spacial score (nSPS) is 39.2. The summed E-state index contributed by atoms with van der Waals surface area (Å²) in [4.78, 5) is 0. The van der Waals surface area contributed by atoms with Crippen LogP contribution in [0.25, 0.3) is 0 Å². The van der Waals surface area contributed by atoms with Crippen LogP contribution in [-0.2, 0) is 0 Å². The van der Waals surface area contributed by atoms with Crippen LogP contribution in [0.3, 0.4) is 0 Å². The molecule has 0 aromatic heterocycles. The monoisotopic (exact) mass is 448 g/mol. The highest BCUT2D eigenvalue weighted by molar-refractivity contribution is 5.38. The van der Waals surface area contributed by atoms with Crippen LogP contribution in [0.2, 0.25) is 0 Å². The first-order valence-corrected chi connectivity index (χ1v) is 12.6. The molecule has 0 radical (unpaired) electrons. The molecule has 7 atom stereocenters. The Morgan fingerprint density at radius 3 is 2.56 bits per heavy atom. The van der Waals surface area contributed by atoms with Crippen LogP contribution in [0, 0.1) is 23.2 Å². The Balaban J connectivity index is 1.73. The number of hydrogen-bond donors (Lipinski definition) is 3. The molecule has 4 heteroatoms. The number of rotatable bonds is 6. The molecule has 0 aromatic carbocycles. The summed E-state index contributed by atoms with van der Waals surface area (Å²) in [5.41, 5.74) is 0.526. The van der Waals surface area contributed by atoms with Crippen molar-refractivity contribution in [3.8, 4) is 0 Å². The average Bonchev–Trinajstić information content (AvgIpc) is 3.04. The lowest BCUT2D eigenvalue weighted by molar-refractivity contribution is -0.0814. The quantitative estimate of drug-likeness (QED) is 0.464. The Kier molecular flexibility index (Phi) is 7.49. The summed E-state index contributed by atoms with van der Waals surface area (Å²) in [5.74, 6) is 1.57. The van der Waals surface area contributed by atoms with Gasteiger partial charge < -0.3 is 15.3 Å². The largest absolute Gasteiger partial charge is 0.393 e. The van der Waals surface area contributed by atoms with E-state index in [-0.39, 0.29) is 5.41 Å². The van der Waals surface area contributed by atoms with Gasteiger partial charge >= 0.3 is 0 Å². The maximum atomic E-state index is 14.4. The van der Waals surface area contributed by atoms with Crippen LogP contribution in [0.15, 0.2) is 35.5 Å². The van der Waals surface area contributed by atoms with E-state index in [1.807, 2.05) is 0 Å². The van der Waals surface area contributed by atoms with Gasteiger partial charge in [0, 0.05) is 6.42 Å². The van der Waals surface area contributed by atoms with E-state index in [4.69, 9.17) is 0 Å². The Morgan fingerprint density at radius 2 is 1.91 bits per heavy atom. The molecule has 0 aromatic rings. The molecular formula is C28H45FO3. The fourth-order valence-corrected chi connectivity index (χ4v) is 6.69. The highest BCUT2D eigenvalue weighted by Crippen LogP contribution is 2.60. The van der Waals surface area contributed by atoms with Gasteiger partial charge in [0.05, 0.1) is 17.8 Å². The Morgan fingerprint density at radius 1 is 1.22 bits per heavy atom. The van der Waals surface area contributed by atoms with Crippen LogP contribution in [0.5, 0.6) is 0 Å². The molecule has 182 valence electrons. The molecule has 3 aliphatic carbocycles. The van der Waals surface area contributed by atoms with E-state index in [9.17, 15) is 19.7 Å². The number of aliphatic hydroxyl groups is 3. The first-order valence-electron chi connectivity index (χ1n) is 12.6. The zero-order valence-electron chi connectivity index (χ0n) is 20.8. The molecule has 32 heavy (non-hydrogen) atoms. The Bertz CT molecular complexity index is 759. The third-order valence-corrected chi connectivity index (χ3v) is 9.36. The first-order chi connectivity index (χ1) is 14.8. The molecule has 0 bridgehead atoms. The van der Waals surface area contributed by atoms with Crippen LogP contribution in [-0.4, -0.2) is 38.8 Å². The molecule has 0 aliphatic heterocycles. The van der Waals surface area contributed by atoms with Crippen molar-refractivity contribution in [2.24, 2.45) is 23.2 Å². The second-order valence-corrected chi connectivity index (χ2v) is 11.9. The molecule has 3 rings (SSSR count). The minimum atomic E-state index is -1.60. The van der Waals surface area contributed by atoms with Gasteiger partial charge in [-0.2, -0.15) is 0 Å². The van der Waals surface area contributed by atoms with Gasteiger partial charge in [-0.1, -0.05) is 38.2 Å². The molecule has 3 aliphatic rings. The van der Waals surface area contributed by atoms with E-state index in [2.05, 4.69) is 32.6 Å². The number of fused-ring (bicyclic) bond motifs is 1. The lowest BCUT2D eigenvalue weighted by atomic mass is 9.60. The third-order valence-electron chi connectivity index (χ3n) is 9.36. The second kappa shape index (κ2) is 9.35. The predicted octanol–water partition coefficient (Wildman–Crippen LogP) is 6.04. The van der Waals surface area contributed by atoms with E-state index in [0.29, 0.717) is 37.0 Å². The van der Waals surface area contributed by atoms with Crippen molar-refractivity contribution < 1.29 is 19.7 Å². The topological polar surface area (TPSA) is 60.7 Å². The van der Waals surface area contributed by atoms with E-state index in [1.165, 1.54) is 45.1 Å². The fraction of sp³-hybridized carbons (Fsp3) is 0.786. The van der Waals surface area contributed by atoms with Crippen molar-refractivity contribution in [3.63, 3.8) is 0 Å². The summed E-state index contributed by atoms with van der Waals surface area (Å²) < 4.78 is 14.4. The smallest absolute Gasteiger partial charge is 0.133 e. The van der Waals surface area contributed by atoms with Crippen molar-refractivity contribution in [1.82, 2.24) is 0 Å². The Labute approximate surface area is 194 Å². The SMILES string of the molecule is C=C1/C(=C\C=C2/CCC[C@]3(C)[C@@H]([C@H](C)CC[C@@](C)(O)C(C)(C)F)CC[C@@H]23)C[C@@H](O)C[C@@H]1O. The van der Waals surface area contributed by atoms with Crippen molar-refractivity contribution in [2.75, 3.05) is 0 Å². The van der Waals surface area contributed by atoms with Gasteiger partial charge in [-0.05, 0) is 106 Å². The molecule has 0 heterocycles. The van der Waals surface area contributed by atoms with Crippen molar-refractivity contribution >= 4 is 0 Å².